The summed E-state index contributed by atoms with van der Waals surface area (Å²) in [4.78, 5) is 29.3. The van der Waals surface area contributed by atoms with Crippen LogP contribution in [-0.2, 0) is 0 Å². The summed E-state index contributed by atoms with van der Waals surface area (Å²) in [6.07, 6.45) is 2.59. The molecule has 5 rings (SSSR count). The van der Waals surface area contributed by atoms with Gasteiger partial charge in [0.15, 0.2) is 5.69 Å². The Morgan fingerprint density at radius 2 is 1.91 bits per heavy atom. The van der Waals surface area contributed by atoms with Gasteiger partial charge in [0.25, 0.3) is 11.8 Å². The zero-order valence-electron chi connectivity index (χ0n) is 19.3. The smallest absolute Gasteiger partial charge is 0.272 e. The number of ether oxygens (including phenoxy) is 1. The number of aromatic nitrogens is 3. The third kappa shape index (κ3) is 4.44. The topological polar surface area (TPSA) is 109 Å². The number of nitrogens with zero attached hydrogens (tertiary/aromatic N) is 2. The highest BCUT2D eigenvalue weighted by Gasteiger charge is 2.38. The summed E-state index contributed by atoms with van der Waals surface area (Å²) in [6.45, 7) is 0.511. The molecule has 35 heavy (non-hydrogen) atoms. The number of nitrogens with one attached hydrogen (secondary N) is 3. The van der Waals surface area contributed by atoms with E-state index in [2.05, 4.69) is 25.8 Å². The maximum Gasteiger partial charge on any atom is 0.272 e. The summed E-state index contributed by atoms with van der Waals surface area (Å²) in [6, 6.07) is 13.8. The fraction of sp³-hybridized carbons (Fsp3) is 0.231. The first-order valence-corrected chi connectivity index (χ1v) is 11.3. The van der Waals surface area contributed by atoms with Crippen LogP contribution in [0.3, 0.4) is 0 Å². The lowest BCUT2D eigenvalue weighted by molar-refractivity contribution is 0.0943. The van der Waals surface area contributed by atoms with Crippen molar-refractivity contribution in [1.82, 2.24) is 25.8 Å². The Balaban J connectivity index is 1.33. The molecule has 1 fully saturated rings. The highest BCUT2D eigenvalue weighted by Crippen LogP contribution is 2.47. The molecule has 3 N–H and O–H groups in total. The number of hydrogen-bond acceptors (Lipinski definition) is 5. The fourth-order valence-corrected chi connectivity index (χ4v) is 4.34. The van der Waals surface area contributed by atoms with Crippen LogP contribution in [0.5, 0.6) is 5.88 Å². The van der Waals surface area contributed by atoms with Crippen LogP contribution < -0.4 is 15.4 Å². The Bertz CT molecular complexity index is 1420. The Morgan fingerprint density at radius 1 is 1.11 bits per heavy atom. The lowest BCUT2D eigenvalue weighted by Gasteiger charge is -2.11. The first-order chi connectivity index (χ1) is 17.0. The van der Waals surface area contributed by atoms with Crippen molar-refractivity contribution >= 4 is 22.7 Å². The molecule has 1 aliphatic rings. The Morgan fingerprint density at radius 3 is 2.66 bits per heavy atom. The molecule has 0 aliphatic heterocycles. The van der Waals surface area contributed by atoms with Crippen LogP contribution in [-0.4, -0.2) is 47.7 Å². The third-order valence-electron chi connectivity index (χ3n) is 6.37. The second-order valence-electron chi connectivity index (χ2n) is 8.56. The van der Waals surface area contributed by atoms with Crippen molar-refractivity contribution in [2.75, 3.05) is 20.7 Å². The van der Waals surface area contributed by atoms with E-state index >= 15 is 0 Å². The van der Waals surface area contributed by atoms with E-state index in [-0.39, 0.29) is 23.5 Å². The van der Waals surface area contributed by atoms with Gasteiger partial charge >= 0.3 is 0 Å². The first-order valence-electron chi connectivity index (χ1n) is 11.3. The molecule has 0 radical (unpaired) electrons. The normalized spacial score (nSPS) is 16.7. The molecule has 8 nitrogen and oxygen atoms in total. The van der Waals surface area contributed by atoms with Crippen LogP contribution >= 0.6 is 0 Å². The van der Waals surface area contributed by atoms with E-state index in [1.807, 2.05) is 18.2 Å². The Labute approximate surface area is 200 Å². The maximum absolute atomic E-state index is 13.2. The molecule has 0 unspecified atom stereocenters. The lowest BCUT2D eigenvalue weighted by atomic mass is 10.0. The van der Waals surface area contributed by atoms with Crippen molar-refractivity contribution in [2.45, 2.75) is 12.3 Å². The second-order valence-corrected chi connectivity index (χ2v) is 8.56. The molecule has 0 saturated heterocycles. The number of hydrogen-bond donors (Lipinski definition) is 3. The molecular formula is C26H24FN5O3. The zero-order valence-corrected chi connectivity index (χ0v) is 19.3. The SMILES string of the molecule is CNC(=O)c1n[nH]c2cc(-c3cnc(OC)c(C(=O)NC[C@@H]4C[C@H]4c4ccc(F)cc4)c3)ccc12. The van der Waals surface area contributed by atoms with Gasteiger partial charge in [-0.1, -0.05) is 18.2 Å². The molecule has 1 saturated carbocycles. The monoisotopic (exact) mass is 473 g/mol. The molecule has 2 amide bonds. The van der Waals surface area contributed by atoms with Gasteiger partial charge in [-0.05, 0) is 59.7 Å². The second kappa shape index (κ2) is 9.17. The lowest BCUT2D eigenvalue weighted by Crippen LogP contribution is -2.26. The van der Waals surface area contributed by atoms with Crippen molar-refractivity contribution < 1.29 is 18.7 Å². The number of fused-ring (bicyclic) bond motifs is 1. The summed E-state index contributed by atoms with van der Waals surface area (Å²) in [7, 11) is 3.03. The number of aromatic amines is 1. The molecule has 2 aromatic carbocycles. The average Bonchev–Trinajstić information content (AvgIpc) is 3.55. The molecule has 0 bridgehead atoms. The zero-order chi connectivity index (χ0) is 24.5. The van der Waals surface area contributed by atoms with Gasteiger partial charge in [0.1, 0.15) is 11.4 Å². The number of benzene rings is 2. The molecule has 178 valence electrons. The van der Waals surface area contributed by atoms with E-state index in [1.54, 1.807) is 31.4 Å². The van der Waals surface area contributed by atoms with E-state index in [0.29, 0.717) is 40.5 Å². The summed E-state index contributed by atoms with van der Waals surface area (Å²) >= 11 is 0. The van der Waals surface area contributed by atoms with Gasteiger partial charge in [-0.25, -0.2) is 9.37 Å². The van der Waals surface area contributed by atoms with E-state index < -0.39 is 0 Å². The molecule has 2 atom stereocenters. The van der Waals surface area contributed by atoms with E-state index in [1.165, 1.54) is 19.2 Å². The standard InChI is InChI=1S/C26H24FN5O3/c1-28-25(34)23-19-8-5-15(11-22(19)31-32-23)16-9-21(26(35-2)30-12-16)24(33)29-13-17-10-20(17)14-3-6-18(27)7-4-14/h3-9,11-12,17,20H,10,13H2,1-2H3,(H,28,34)(H,29,33)(H,31,32)/t17-,20-/m0/s1. The first kappa shape index (κ1) is 22.5. The van der Waals surface area contributed by atoms with Gasteiger partial charge in [-0.15, -0.1) is 0 Å². The number of pyridine rings is 1. The molecule has 0 spiro atoms. The van der Waals surface area contributed by atoms with Gasteiger partial charge < -0.3 is 15.4 Å². The van der Waals surface area contributed by atoms with Crippen LogP contribution in [0.25, 0.3) is 22.0 Å². The highest BCUT2D eigenvalue weighted by molar-refractivity contribution is 6.05. The molecular weight excluding hydrogens is 449 g/mol. The number of rotatable bonds is 7. The van der Waals surface area contributed by atoms with Gasteiger partial charge in [-0.3, -0.25) is 14.7 Å². The van der Waals surface area contributed by atoms with Crippen LogP contribution in [0, 0.1) is 11.7 Å². The van der Waals surface area contributed by atoms with Gasteiger partial charge in [0.05, 0.1) is 12.6 Å². The van der Waals surface area contributed by atoms with Gasteiger partial charge in [0.2, 0.25) is 5.88 Å². The molecule has 4 aromatic rings. The van der Waals surface area contributed by atoms with E-state index in [9.17, 15) is 14.0 Å². The number of carbonyl (C=O) groups is 2. The number of halogens is 1. The number of amides is 2. The minimum Gasteiger partial charge on any atom is -0.480 e. The van der Waals surface area contributed by atoms with Crippen molar-refractivity contribution in [1.29, 1.82) is 0 Å². The van der Waals surface area contributed by atoms with Gasteiger partial charge in [-0.2, -0.15) is 5.10 Å². The van der Waals surface area contributed by atoms with Crippen LogP contribution in [0.1, 0.15) is 38.7 Å². The van der Waals surface area contributed by atoms with Crippen LogP contribution in [0.2, 0.25) is 0 Å². The number of carbonyl (C=O) groups excluding carboxylic acids is 2. The van der Waals surface area contributed by atoms with Crippen molar-refractivity contribution in [3.05, 3.63) is 77.4 Å². The maximum atomic E-state index is 13.2. The molecule has 9 heteroatoms. The minimum atomic E-state index is -0.273. The Kier molecular flexibility index (Phi) is 5.90. The average molecular weight is 474 g/mol. The van der Waals surface area contributed by atoms with E-state index in [4.69, 9.17) is 4.74 Å². The largest absolute Gasteiger partial charge is 0.480 e. The fourth-order valence-electron chi connectivity index (χ4n) is 4.34. The van der Waals surface area contributed by atoms with Crippen LogP contribution in [0.4, 0.5) is 4.39 Å². The highest BCUT2D eigenvalue weighted by atomic mass is 19.1. The van der Waals surface area contributed by atoms with Crippen LogP contribution in [0.15, 0.2) is 54.7 Å². The molecule has 1 aliphatic carbocycles. The van der Waals surface area contributed by atoms with Crippen molar-refractivity contribution in [3.63, 3.8) is 0 Å². The van der Waals surface area contributed by atoms with Gasteiger partial charge in [0, 0.05) is 30.7 Å². The summed E-state index contributed by atoms with van der Waals surface area (Å²) in [5.74, 6) is 0.0720. The quantitative estimate of drug-likeness (QED) is 0.380. The van der Waals surface area contributed by atoms with Crippen molar-refractivity contribution in [3.8, 4) is 17.0 Å². The molecule has 2 heterocycles. The predicted octanol–water partition coefficient (Wildman–Crippen LogP) is 3.67. The minimum absolute atomic E-state index is 0.238. The Hall–Kier alpha value is -4.27. The van der Waals surface area contributed by atoms with Crippen molar-refractivity contribution in [2.24, 2.45) is 5.92 Å². The summed E-state index contributed by atoms with van der Waals surface area (Å²) in [5, 5.41) is 13.2. The third-order valence-corrected chi connectivity index (χ3v) is 6.37. The summed E-state index contributed by atoms with van der Waals surface area (Å²) in [5.41, 5.74) is 3.97. The van der Waals surface area contributed by atoms with E-state index in [0.717, 1.165) is 23.1 Å². The number of methoxy groups -OCH3 is 1. The summed E-state index contributed by atoms with van der Waals surface area (Å²) < 4.78 is 18.5. The number of H-pyrrole nitrogens is 1. The predicted molar refractivity (Wildman–Crippen MR) is 129 cm³/mol. The molecule has 2 aromatic heterocycles.